The first kappa shape index (κ1) is 14.9. The minimum absolute atomic E-state index is 0.0553. The van der Waals surface area contributed by atoms with Crippen LogP contribution in [0, 0.1) is 18.8 Å². The van der Waals surface area contributed by atoms with E-state index in [1.165, 1.54) is 24.1 Å². The predicted octanol–water partition coefficient (Wildman–Crippen LogP) is 4.32. The van der Waals surface area contributed by atoms with Gasteiger partial charge in [0.25, 0.3) is 0 Å². The van der Waals surface area contributed by atoms with E-state index in [9.17, 15) is 0 Å². The van der Waals surface area contributed by atoms with Gasteiger partial charge in [-0.15, -0.1) is 0 Å². The first-order valence-corrected chi connectivity index (χ1v) is 8.00. The third-order valence-corrected chi connectivity index (χ3v) is 5.04. The van der Waals surface area contributed by atoms with Crippen LogP contribution in [0.2, 0.25) is 0 Å². The molecule has 1 aliphatic rings. The average Bonchev–Trinajstić information content (AvgIpc) is 2.32. The highest BCUT2D eigenvalue weighted by Gasteiger charge is 2.39. The maximum Gasteiger partial charge on any atom is 0.0521 e. The molecule has 1 aliphatic carbocycles. The molecule has 0 amide bonds. The van der Waals surface area contributed by atoms with Gasteiger partial charge in [0.05, 0.1) is 5.54 Å². The molecule has 3 heteroatoms. The lowest BCUT2D eigenvalue weighted by Crippen LogP contribution is -2.53. The smallest absolute Gasteiger partial charge is 0.0521 e. The summed E-state index contributed by atoms with van der Waals surface area (Å²) in [5.41, 5.74) is 8.62. The molecule has 2 rings (SSSR count). The second-order valence-electron chi connectivity index (χ2n) is 6.28. The van der Waals surface area contributed by atoms with Gasteiger partial charge in [-0.25, -0.2) is 0 Å². The number of hydrogen-bond donors (Lipinski definition) is 2. The molecule has 0 radical (unpaired) electrons. The summed E-state index contributed by atoms with van der Waals surface area (Å²) in [5.74, 6) is 1.43. The zero-order valence-electron chi connectivity index (χ0n) is 12.2. The molecule has 2 nitrogen and oxygen atoms in total. The number of benzene rings is 1. The highest BCUT2D eigenvalue weighted by molar-refractivity contribution is 9.10. The van der Waals surface area contributed by atoms with Gasteiger partial charge in [0.2, 0.25) is 0 Å². The molecule has 1 aromatic rings. The van der Waals surface area contributed by atoms with Crippen molar-refractivity contribution in [3.63, 3.8) is 0 Å². The van der Waals surface area contributed by atoms with Crippen LogP contribution in [0.5, 0.6) is 0 Å². The van der Waals surface area contributed by atoms with Crippen molar-refractivity contribution < 1.29 is 0 Å². The molecule has 0 aliphatic heterocycles. The van der Waals surface area contributed by atoms with E-state index in [0.29, 0.717) is 12.5 Å². The summed E-state index contributed by atoms with van der Waals surface area (Å²) in [6.07, 6.45) is 3.69. The zero-order valence-corrected chi connectivity index (χ0v) is 13.8. The van der Waals surface area contributed by atoms with Gasteiger partial charge in [0.15, 0.2) is 0 Å². The van der Waals surface area contributed by atoms with Crippen molar-refractivity contribution in [2.24, 2.45) is 17.6 Å². The van der Waals surface area contributed by atoms with E-state index in [1.807, 2.05) is 0 Å². The third-order valence-electron chi connectivity index (χ3n) is 4.58. The topological polar surface area (TPSA) is 38.0 Å². The molecule has 1 saturated carbocycles. The number of aryl methyl sites for hydroxylation is 1. The second kappa shape index (κ2) is 5.84. The number of nitrogens with one attached hydrogen (secondary N) is 1. The van der Waals surface area contributed by atoms with Gasteiger partial charge in [0, 0.05) is 16.7 Å². The summed E-state index contributed by atoms with van der Waals surface area (Å²) in [6.45, 7) is 7.50. The molecule has 0 bridgehead atoms. The largest absolute Gasteiger partial charge is 0.378 e. The lowest BCUT2D eigenvalue weighted by atomic mass is 9.70. The fourth-order valence-corrected chi connectivity index (χ4v) is 3.94. The average molecular weight is 325 g/mol. The SMILES string of the molecule is Cc1cc(Br)cc(NC2(CN)CCC(C)CC2C)c1. The summed E-state index contributed by atoms with van der Waals surface area (Å²) >= 11 is 3.57. The molecule has 1 fully saturated rings. The number of hydrogen-bond acceptors (Lipinski definition) is 2. The molecule has 19 heavy (non-hydrogen) atoms. The zero-order chi connectivity index (χ0) is 14.0. The van der Waals surface area contributed by atoms with Gasteiger partial charge in [-0.1, -0.05) is 29.8 Å². The summed E-state index contributed by atoms with van der Waals surface area (Å²) < 4.78 is 1.12. The fraction of sp³-hybridized carbons (Fsp3) is 0.625. The van der Waals surface area contributed by atoms with E-state index in [-0.39, 0.29) is 5.54 Å². The Kier molecular flexibility index (Phi) is 4.57. The van der Waals surface area contributed by atoms with E-state index in [0.717, 1.165) is 16.8 Å². The van der Waals surface area contributed by atoms with E-state index < -0.39 is 0 Å². The maximum absolute atomic E-state index is 6.12. The van der Waals surface area contributed by atoms with Gasteiger partial charge >= 0.3 is 0 Å². The highest BCUT2D eigenvalue weighted by atomic mass is 79.9. The first-order chi connectivity index (χ1) is 8.95. The van der Waals surface area contributed by atoms with Crippen molar-refractivity contribution in [1.82, 2.24) is 0 Å². The molecular weight excluding hydrogens is 300 g/mol. The van der Waals surface area contributed by atoms with Crippen molar-refractivity contribution in [2.45, 2.75) is 45.6 Å². The Labute approximate surface area is 125 Å². The lowest BCUT2D eigenvalue weighted by Gasteiger charge is -2.45. The van der Waals surface area contributed by atoms with Crippen molar-refractivity contribution in [2.75, 3.05) is 11.9 Å². The summed E-state index contributed by atoms with van der Waals surface area (Å²) in [6, 6.07) is 6.48. The molecule has 0 spiro atoms. The number of halogens is 1. The summed E-state index contributed by atoms with van der Waals surface area (Å²) in [5, 5.41) is 3.74. The van der Waals surface area contributed by atoms with Crippen molar-refractivity contribution in [3.8, 4) is 0 Å². The van der Waals surface area contributed by atoms with Gasteiger partial charge in [0.1, 0.15) is 0 Å². The Morgan fingerprint density at radius 1 is 1.37 bits per heavy atom. The van der Waals surface area contributed by atoms with Crippen LogP contribution in [-0.4, -0.2) is 12.1 Å². The summed E-state index contributed by atoms with van der Waals surface area (Å²) in [7, 11) is 0. The molecule has 3 atom stereocenters. The molecule has 0 aromatic heterocycles. The van der Waals surface area contributed by atoms with Crippen LogP contribution in [-0.2, 0) is 0 Å². The van der Waals surface area contributed by atoms with Gasteiger partial charge in [-0.3, -0.25) is 0 Å². The van der Waals surface area contributed by atoms with Crippen LogP contribution in [0.1, 0.15) is 38.7 Å². The van der Waals surface area contributed by atoms with Gasteiger partial charge < -0.3 is 11.1 Å². The Hall–Kier alpha value is -0.540. The van der Waals surface area contributed by atoms with Gasteiger partial charge in [-0.2, -0.15) is 0 Å². The Balaban J connectivity index is 2.22. The normalized spacial score (nSPS) is 31.2. The highest BCUT2D eigenvalue weighted by Crippen LogP contribution is 2.39. The van der Waals surface area contributed by atoms with Crippen molar-refractivity contribution >= 4 is 21.6 Å². The van der Waals surface area contributed by atoms with E-state index >= 15 is 0 Å². The van der Waals surface area contributed by atoms with Crippen LogP contribution >= 0.6 is 15.9 Å². The van der Waals surface area contributed by atoms with E-state index in [2.05, 4.69) is 60.2 Å². The Bertz CT molecular complexity index is 426. The standard InChI is InChI=1S/C16H25BrN2/c1-11-4-5-16(10-18,13(3)6-11)19-15-8-12(2)7-14(17)9-15/h7-9,11,13,19H,4-6,10,18H2,1-3H3. The molecule has 0 heterocycles. The Morgan fingerprint density at radius 2 is 2.11 bits per heavy atom. The van der Waals surface area contributed by atoms with Crippen molar-refractivity contribution in [3.05, 3.63) is 28.2 Å². The fourth-order valence-electron chi connectivity index (χ4n) is 3.33. The van der Waals surface area contributed by atoms with Crippen LogP contribution in [0.3, 0.4) is 0 Å². The van der Waals surface area contributed by atoms with E-state index in [4.69, 9.17) is 5.73 Å². The minimum atomic E-state index is 0.0553. The first-order valence-electron chi connectivity index (χ1n) is 7.20. The third kappa shape index (κ3) is 3.32. The quantitative estimate of drug-likeness (QED) is 0.868. The molecule has 3 unspecified atom stereocenters. The summed E-state index contributed by atoms with van der Waals surface area (Å²) in [4.78, 5) is 0. The van der Waals surface area contributed by atoms with Gasteiger partial charge in [-0.05, 0) is 61.8 Å². The van der Waals surface area contributed by atoms with Crippen molar-refractivity contribution in [1.29, 1.82) is 0 Å². The monoisotopic (exact) mass is 324 g/mol. The number of nitrogens with two attached hydrogens (primary N) is 1. The molecule has 3 N–H and O–H groups in total. The molecule has 0 saturated heterocycles. The van der Waals surface area contributed by atoms with Crippen LogP contribution in [0.4, 0.5) is 5.69 Å². The number of anilines is 1. The maximum atomic E-state index is 6.12. The predicted molar refractivity (Wildman–Crippen MR) is 86.5 cm³/mol. The molecule has 1 aromatic carbocycles. The lowest BCUT2D eigenvalue weighted by molar-refractivity contribution is 0.189. The van der Waals surface area contributed by atoms with Crippen LogP contribution in [0.15, 0.2) is 22.7 Å². The molecule has 106 valence electrons. The number of rotatable bonds is 3. The molecular formula is C16H25BrN2. The van der Waals surface area contributed by atoms with E-state index in [1.54, 1.807) is 0 Å². The van der Waals surface area contributed by atoms with Crippen LogP contribution in [0.25, 0.3) is 0 Å². The van der Waals surface area contributed by atoms with Crippen LogP contribution < -0.4 is 11.1 Å². The second-order valence-corrected chi connectivity index (χ2v) is 7.20. The minimum Gasteiger partial charge on any atom is -0.378 e. The Morgan fingerprint density at radius 3 is 2.68 bits per heavy atom.